The van der Waals surface area contributed by atoms with Crippen LogP contribution in [0.15, 0.2) is 67.3 Å². The van der Waals surface area contributed by atoms with Gasteiger partial charge in [-0.2, -0.15) is 0 Å². The summed E-state index contributed by atoms with van der Waals surface area (Å²) in [6.07, 6.45) is 5.45. The predicted molar refractivity (Wildman–Crippen MR) is 117 cm³/mol. The molecule has 2 aromatic heterocycles. The molecule has 0 saturated carbocycles. The SMILES string of the molecule is COc1cc(-c2cn(CC(=O)N(C)Cc3ccccc3)nn2)ccc1-n1cnc(C)c1. The summed E-state index contributed by atoms with van der Waals surface area (Å²) in [6.45, 7) is 2.61. The second-order valence-electron chi connectivity index (χ2n) is 7.35. The second-order valence-corrected chi connectivity index (χ2v) is 7.35. The largest absolute Gasteiger partial charge is 0.495 e. The third-order valence-corrected chi connectivity index (χ3v) is 4.99. The highest BCUT2D eigenvalue weighted by atomic mass is 16.5. The van der Waals surface area contributed by atoms with Crippen molar-refractivity contribution in [3.05, 3.63) is 78.5 Å². The number of nitrogens with zero attached hydrogens (tertiary/aromatic N) is 6. The lowest BCUT2D eigenvalue weighted by Gasteiger charge is -2.17. The summed E-state index contributed by atoms with van der Waals surface area (Å²) in [5.41, 5.74) is 4.42. The lowest BCUT2D eigenvalue weighted by molar-refractivity contribution is -0.131. The number of rotatable bonds is 7. The fourth-order valence-electron chi connectivity index (χ4n) is 3.32. The lowest BCUT2D eigenvalue weighted by Crippen LogP contribution is -2.29. The number of carbonyl (C=O) groups is 1. The summed E-state index contributed by atoms with van der Waals surface area (Å²) >= 11 is 0. The molecule has 4 rings (SSSR count). The number of ether oxygens (including phenoxy) is 1. The molecule has 0 bridgehead atoms. The van der Waals surface area contributed by atoms with Crippen molar-refractivity contribution in [1.82, 2.24) is 29.4 Å². The van der Waals surface area contributed by atoms with Crippen molar-refractivity contribution in [2.45, 2.75) is 20.0 Å². The zero-order chi connectivity index (χ0) is 21.8. The Morgan fingerprint density at radius 1 is 1.13 bits per heavy atom. The lowest BCUT2D eigenvalue weighted by atomic mass is 10.1. The van der Waals surface area contributed by atoms with E-state index in [0.717, 1.165) is 22.5 Å². The summed E-state index contributed by atoms with van der Waals surface area (Å²) in [6, 6.07) is 15.7. The van der Waals surface area contributed by atoms with Gasteiger partial charge in [0.05, 0.1) is 31.0 Å². The quantitative estimate of drug-likeness (QED) is 0.463. The third-order valence-electron chi connectivity index (χ3n) is 4.99. The van der Waals surface area contributed by atoms with Crippen LogP contribution in [-0.2, 0) is 17.9 Å². The molecule has 8 heteroatoms. The van der Waals surface area contributed by atoms with E-state index in [1.54, 1.807) is 36.3 Å². The first-order valence-electron chi connectivity index (χ1n) is 9.91. The van der Waals surface area contributed by atoms with E-state index in [1.165, 1.54) is 0 Å². The van der Waals surface area contributed by atoms with Gasteiger partial charge in [0.2, 0.25) is 5.91 Å². The third kappa shape index (κ3) is 4.63. The maximum Gasteiger partial charge on any atom is 0.244 e. The minimum absolute atomic E-state index is 0.0382. The molecule has 0 spiro atoms. The number of aryl methyl sites for hydroxylation is 1. The summed E-state index contributed by atoms with van der Waals surface area (Å²) in [7, 11) is 3.42. The van der Waals surface area contributed by atoms with Gasteiger partial charge in [-0.05, 0) is 24.6 Å². The number of amides is 1. The molecule has 4 aromatic rings. The minimum atomic E-state index is -0.0382. The summed E-state index contributed by atoms with van der Waals surface area (Å²) in [5, 5.41) is 8.36. The van der Waals surface area contributed by atoms with Crippen molar-refractivity contribution >= 4 is 5.91 Å². The minimum Gasteiger partial charge on any atom is -0.495 e. The van der Waals surface area contributed by atoms with Crippen molar-refractivity contribution in [2.75, 3.05) is 14.2 Å². The fraction of sp³-hybridized carbons (Fsp3) is 0.217. The molecular weight excluding hydrogens is 392 g/mol. The van der Waals surface area contributed by atoms with Crippen LogP contribution < -0.4 is 4.74 Å². The Kier molecular flexibility index (Phi) is 5.79. The van der Waals surface area contributed by atoms with Crippen LogP contribution in [-0.4, -0.2) is 49.5 Å². The molecule has 2 aromatic carbocycles. The van der Waals surface area contributed by atoms with Crippen LogP contribution in [0.5, 0.6) is 5.75 Å². The fourth-order valence-corrected chi connectivity index (χ4v) is 3.32. The van der Waals surface area contributed by atoms with Crippen molar-refractivity contribution in [3.63, 3.8) is 0 Å². The van der Waals surface area contributed by atoms with E-state index >= 15 is 0 Å². The first-order chi connectivity index (χ1) is 15.0. The average molecular weight is 416 g/mol. The number of likely N-dealkylation sites (N-methyl/N-ethyl adjacent to an activating group) is 1. The summed E-state index contributed by atoms with van der Waals surface area (Å²) in [4.78, 5) is 18.5. The van der Waals surface area contributed by atoms with Gasteiger partial charge in [0.25, 0.3) is 0 Å². The summed E-state index contributed by atoms with van der Waals surface area (Å²) < 4.78 is 9.03. The van der Waals surface area contributed by atoms with Gasteiger partial charge >= 0.3 is 0 Å². The molecular formula is C23H24N6O2. The summed E-state index contributed by atoms with van der Waals surface area (Å²) in [5.74, 6) is 0.659. The first-order valence-corrected chi connectivity index (χ1v) is 9.91. The molecule has 0 aliphatic carbocycles. The van der Waals surface area contributed by atoms with E-state index < -0.39 is 0 Å². The van der Waals surface area contributed by atoms with Crippen LogP contribution in [0.25, 0.3) is 16.9 Å². The standard InChI is InChI=1S/C23H24N6O2/c1-17-12-28(16-24-17)21-10-9-19(11-22(21)31-3)20-14-29(26-25-20)15-23(30)27(2)13-18-7-5-4-6-8-18/h4-12,14,16H,13,15H2,1-3H3. The van der Waals surface area contributed by atoms with E-state index in [1.807, 2.05) is 66.2 Å². The number of methoxy groups -OCH3 is 1. The van der Waals surface area contributed by atoms with Gasteiger partial charge in [0, 0.05) is 25.4 Å². The maximum atomic E-state index is 12.6. The van der Waals surface area contributed by atoms with Gasteiger partial charge in [-0.15, -0.1) is 5.10 Å². The topological polar surface area (TPSA) is 78.1 Å². The highest BCUT2D eigenvalue weighted by molar-refractivity contribution is 5.75. The normalized spacial score (nSPS) is 10.8. The Morgan fingerprint density at radius 2 is 1.94 bits per heavy atom. The average Bonchev–Trinajstić information content (AvgIpc) is 3.43. The highest BCUT2D eigenvalue weighted by Gasteiger charge is 2.14. The number of hydrogen-bond acceptors (Lipinski definition) is 5. The van der Waals surface area contributed by atoms with Crippen molar-refractivity contribution in [2.24, 2.45) is 0 Å². The van der Waals surface area contributed by atoms with Crippen LogP contribution in [0.3, 0.4) is 0 Å². The van der Waals surface area contributed by atoms with Crippen molar-refractivity contribution < 1.29 is 9.53 Å². The van der Waals surface area contributed by atoms with Gasteiger partial charge < -0.3 is 14.2 Å². The van der Waals surface area contributed by atoms with E-state index in [-0.39, 0.29) is 12.5 Å². The van der Waals surface area contributed by atoms with E-state index in [4.69, 9.17) is 4.74 Å². The molecule has 0 saturated heterocycles. The van der Waals surface area contributed by atoms with E-state index in [2.05, 4.69) is 15.3 Å². The molecule has 0 N–H and O–H groups in total. The number of benzene rings is 2. The van der Waals surface area contributed by atoms with Gasteiger partial charge in [-0.1, -0.05) is 41.6 Å². The van der Waals surface area contributed by atoms with E-state index in [9.17, 15) is 4.79 Å². The molecule has 0 fully saturated rings. The number of imidazole rings is 1. The molecule has 31 heavy (non-hydrogen) atoms. The Hall–Kier alpha value is -3.94. The number of aromatic nitrogens is 5. The van der Waals surface area contributed by atoms with Crippen LogP contribution in [0.2, 0.25) is 0 Å². The van der Waals surface area contributed by atoms with Gasteiger partial charge in [0.15, 0.2) is 0 Å². The zero-order valence-corrected chi connectivity index (χ0v) is 17.8. The Balaban J connectivity index is 1.47. The second kappa shape index (κ2) is 8.83. The molecule has 1 amide bonds. The van der Waals surface area contributed by atoms with Crippen LogP contribution in [0, 0.1) is 6.92 Å². The highest BCUT2D eigenvalue weighted by Crippen LogP contribution is 2.28. The Labute approximate surface area is 180 Å². The van der Waals surface area contributed by atoms with Crippen molar-refractivity contribution in [3.8, 4) is 22.7 Å². The Morgan fingerprint density at radius 3 is 2.65 bits per heavy atom. The van der Waals surface area contributed by atoms with Crippen LogP contribution in [0.4, 0.5) is 0 Å². The van der Waals surface area contributed by atoms with Gasteiger partial charge in [-0.3, -0.25) is 4.79 Å². The van der Waals surface area contributed by atoms with Crippen molar-refractivity contribution in [1.29, 1.82) is 0 Å². The molecule has 2 heterocycles. The van der Waals surface area contributed by atoms with Crippen LogP contribution in [0.1, 0.15) is 11.3 Å². The maximum absolute atomic E-state index is 12.6. The Bertz CT molecular complexity index is 1180. The molecule has 0 aliphatic rings. The van der Waals surface area contributed by atoms with Crippen LogP contribution >= 0.6 is 0 Å². The zero-order valence-electron chi connectivity index (χ0n) is 17.8. The number of carbonyl (C=O) groups excluding carboxylic acids is 1. The first kappa shape index (κ1) is 20.3. The molecule has 0 unspecified atom stereocenters. The van der Waals surface area contributed by atoms with Gasteiger partial charge in [0.1, 0.15) is 18.0 Å². The molecule has 158 valence electrons. The molecule has 8 nitrogen and oxygen atoms in total. The molecule has 0 atom stereocenters. The van der Waals surface area contributed by atoms with E-state index in [0.29, 0.717) is 18.0 Å². The van der Waals surface area contributed by atoms with Gasteiger partial charge in [-0.25, -0.2) is 9.67 Å². The molecule has 0 aliphatic heterocycles. The molecule has 0 radical (unpaired) electrons. The smallest absolute Gasteiger partial charge is 0.244 e. The number of hydrogen-bond donors (Lipinski definition) is 0. The predicted octanol–water partition coefficient (Wildman–Crippen LogP) is 3.11. The monoisotopic (exact) mass is 416 g/mol.